The number of ether oxygens (including phenoxy) is 1. The van der Waals surface area contributed by atoms with Crippen LogP contribution in [0.1, 0.15) is 25.0 Å². The number of methoxy groups -OCH3 is 1. The number of hydroxylamine groups is 1. The van der Waals surface area contributed by atoms with E-state index in [2.05, 4.69) is 103 Å². The molecule has 2 aromatic carbocycles. The smallest absolute Gasteiger partial charge is 0.302 e. The van der Waals surface area contributed by atoms with E-state index in [0.717, 1.165) is 0 Å². The third-order valence-electron chi connectivity index (χ3n) is 4.64. The van der Waals surface area contributed by atoms with Crippen LogP contribution in [0.2, 0.25) is 0 Å². The van der Waals surface area contributed by atoms with Crippen molar-refractivity contribution in [3.05, 3.63) is 72.1 Å². The number of esters is 1. The van der Waals surface area contributed by atoms with Crippen LogP contribution in [0.5, 0.6) is 0 Å². The fourth-order valence-electron chi connectivity index (χ4n) is 3.09. The Morgan fingerprint density at radius 2 is 1.12 bits per heavy atom. The number of aromatic nitrogens is 2. The summed E-state index contributed by atoms with van der Waals surface area (Å²) in [6.45, 7) is 6.87. The Morgan fingerprint density at radius 3 is 1.38 bits per heavy atom. The molecular weight excluding hydrogens is 406 g/mol. The van der Waals surface area contributed by atoms with Crippen LogP contribution < -0.4 is 5.48 Å². The normalized spacial score (nSPS) is 9.50. The molecule has 0 atom stereocenters. The van der Waals surface area contributed by atoms with Crippen molar-refractivity contribution in [1.82, 2.24) is 14.6 Å². The molecule has 1 amide bonds. The quantitative estimate of drug-likeness (QED) is 0.237. The molecule has 0 aliphatic rings. The van der Waals surface area contributed by atoms with E-state index < -0.39 is 5.91 Å². The largest absolute Gasteiger partial charge is 0.469 e. The van der Waals surface area contributed by atoms with Gasteiger partial charge in [0.1, 0.15) is 0 Å². The Hall–Kier alpha value is -3.58. The van der Waals surface area contributed by atoms with Crippen molar-refractivity contribution in [2.45, 2.75) is 27.7 Å². The molecule has 0 fully saturated rings. The molecule has 0 bridgehead atoms. The first-order valence-electron chi connectivity index (χ1n) is 10.1. The standard InChI is InChI=1S/2C10H11N.C3H6O2.C2H5NO2/c2*1-8-7-11(2)10-6-4-3-5-9(8)10;1-3(4)5-2;1-2(4)3-5/h2*3-7H,1-2H3;1-2H3;5H,1H3,(H,3,4). The highest BCUT2D eigenvalue weighted by molar-refractivity contribution is 5.84. The highest BCUT2D eigenvalue weighted by atomic mass is 16.5. The molecule has 2 N–H and O–H groups in total. The number of hydrogen-bond donors (Lipinski definition) is 2. The summed E-state index contributed by atoms with van der Waals surface area (Å²) in [6, 6.07) is 16.9. The van der Waals surface area contributed by atoms with E-state index in [0.29, 0.717) is 0 Å². The maximum Gasteiger partial charge on any atom is 0.302 e. The third kappa shape index (κ3) is 7.92. The molecule has 4 rings (SSSR count). The van der Waals surface area contributed by atoms with Gasteiger partial charge in [-0.2, -0.15) is 0 Å². The Labute approximate surface area is 189 Å². The van der Waals surface area contributed by atoms with E-state index in [9.17, 15) is 9.59 Å². The van der Waals surface area contributed by atoms with Gasteiger partial charge in [-0.25, -0.2) is 5.48 Å². The number of nitrogens with one attached hydrogen (secondary N) is 1. The van der Waals surface area contributed by atoms with Crippen LogP contribution in [0.25, 0.3) is 21.8 Å². The fourth-order valence-corrected chi connectivity index (χ4v) is 3.09. The van der Waals surface area contributed by atoms with Gasteiger partial charge in [-0.15, -0.1) is 0 Å². The maximum atomic E-state index is 9.59. The zero-order chi connectivity index (χ0) is 24.3. The molecule has 0 aliphatic carbocycles. The van der Waals surface area contributed by atoms with Crippen LogP contribution in [0, 0.1) is 13.8 Å². The summed E-state index contributed by atoms with van der Waals surface area (Å²) in [6.07, 6.45) is 4.31. The zero-order valence-electron chi connectivity index (χ0n) is 19.8. The molecule has 0 aliphatic heterocycles. The van der Waals surface area contributed by atoms with Crippen molar-refractivity contribution in [3.63, 3.8) is 0 Å². The summed E-state index contributed by atoms with van der Waals surface area (Å²) in [5.74, 6) is -0.685. The second kappa shape index (κ2) is 13.0. The molecule has 2 heterocycles. The molecule has 0 saturated heterocycles. The van der Waals surface area contributed by atoms with Crippen LogP contribution in [-0.2, 0) is 28.4 Å². The molecular formula is C25H33N3O4. The number of fused-ring (bicyclic) bond motifs is 2. The number of carbonyl (C=O) groups excluding carboxylic acids is 2. The number of hydrogen-bond acceptors (Lipinski definition) is 4. The van der Waals surface area contributed by atoms with Crippen LogP contribution in [0.3, 0.4) is 0 Å². The lowest BCUT2D eigenvalue weighted by molar-refractivity contribution is -0.138. The van der Waals surface area contributed by atoms with Crippen LogP contribution in [0.4, 0.5) is 0 Å². The topological polar surface area (TPSA) is 85.5 Å². The summed E-state index contributed by atoms with van der Waals surface area (Å²) < 4.78 is 8.43. The molecule has 0 saturated carbocycles. The van der Waals surface area contributed by atoms with Gasteiger partial charge in [0.05, 0.1) is 7.11 Å². The van der Waals surface area contributed by atoms with Gasteiger partial charge in [0.15, 0.2) is 0 Å². The fraction of sp³-hybridized carbons (Fsp3) is 0.280. The molecule has 0 unspecified atom stereocenters. The van der Waals surface area contributed by atoms with Gasteiger partial charge < -0.3 is 13.9 Å². The summed E-state index contributed by atoms with van der Waals surface area (Å²) in [4.78, 5) is 19.0. The number of para-hydroxylation sites is 2. The van der Waals surface area contributed by atoms with Crippen LogP contribution in [-0.4, -0.2) is 33.3 Å². The summed E-state index contributed by atoms with van der Waals surface area (Å²) in [5, 5.41) is 10.3. The lowest BCUT2D eigenvalue weighted by Gasteiger charge is -1.92. The maximum absolute atomic E-state index is 9.59. The number of benzene rings is 2. The zero-order valence-corrected chi connectivity index (χ0v) is 19.8. The first kappa shape index (κ1) is 26.5. The summed E-state index contributed by atoms with van der Waals surface area (Å²) in [7, 11) is 5.51. The van der Waals surface area contributed by atoms with E-state index in [1.54, 1.807) is 0 Å². The Bertz CT molecular complexity index is 995. The Kier molecular flexibility index (Phi) is 10.7. The molecule has 2 aromatic heterocycles. The second-order valence-corrected chi connectivity index (χ2v) is 7.24. The van der Waals surface area contributed by atoms with Crippen molar-refractivity contribution in [3.8, 4) is 0 Å². The molecule has 4 aromatic rings. The number of rotatable bonds is 0. The van der Waals surface area contributed by atoms with Gasteiger partial charge in [0, 0.05) is 62.1 Å². The van der Waals surface area contributed by atoms with E-state index >= 15 is 0 Å². The van der Waals surface area contributed by atoms with Crippen LogP contribution >= 0.6 is 0 Å². The van der Waals surface area contributed by atoms with Gasteiger partial charge in [0.25, 0.3) is 0 Å². The Morgan fingerprint density at radius 1 is 0.812 bits per heavy atom. The van der Waals surface area contributed by atoms with Crippen molar-refractivity contribution < 1.29 is 19.5 Å². The number of aryl methyl sites for hydroxylation is 4. The monoisotopic (exact) mass is 439 g/mol. The second-order valence-electron chi connectivity index (χ2n) is 7.24. The predicted octanol–water partition coefficient (Wildman–Crippen LogP) is 4.66. The minimum Gasteiger partial charge on any atom is -0.469 e. The molecule has 172 valence electrons. The van der Waals surface area contributed by atoms with Crippen molar-refractivity contribution in [2.24, 2.45) is 14.1 Å². The van der Waals surface area contributed by atoms with Gasteiger partial charge in [-0.05, 0) is 37.1 Å². The molecule has 32 heavy (non-hydrogen) atoms. The first-order chi connectivity index (χ1) is 15.1. The van der Waals surface area contributed by atoms with E-state index in [1.165, 1.54) is 59.4 Å². The average Bonchev–Trinajstić information content (AvgIpc) is 3.24. The van der Waals surface area contributed by atoms with Crippen molar-refractivity contribution in [1.29, 1.82) is 0 Å². The minimum absolute atomic E-state index is 0.245. The summed E-state index contributed by atoms with van der Waals surface area (Å²) >= 11 is 0. The number of carbonyl (C=O) groups is 2. The molecule has 7 heteroatoms. The van der Waals surface area contributed by atoms with Gasteiger partial charge in [-0.3, -0.25) is 14.8 Å². The van der Waals surface area contributed by atoms with Crippen molar-refractivity contribution >= 4 is 33.7 Å². The van der Waals surface area contributed by atoms with Crippen molar-refractivity contribution in [2.75, 3.05) is 7.11 Å². The first-order valence-corrected chi connectivity index (χ1v) is 10.1. The Balaban J connectivity index is 0.000000230. The van der Waals surface area contributed by atoms with E-state index in [1.807, 2.05) is 0 Å². The average molecular weight is 440 g/mol. The van der Waals surface area contributed by atoms with E-state index in [-0.39, 0.29) is 5.97 Å². The van der Waals surface area contributed by atoms with Crippen LogP contribution in [0.15, 0.2) is 60.9 Å². The van der Waals surface area contributed by atoms with E-state index in [4.69, 9.17) is 5.21 Å². The SMILES string of the molecule is CC(=O)NO.COC(C)=O.Cc1cn(C)c2ccccc12.Cc1cn(C)c2ccccc12. The third-order valence-corrected chi connectivity index (χ3v) is 4.64. The molecule has 0 radical (unpaired) electrons. The number of amides is 1. The highest BCUT2D eigenvalue weighted by Crippen LogP contribution is 2.19. The predicted molar refractivity (Wildman–Crippen MR) is 129 cm³/mol. The van der Waals surface area contributed by atoms with Gasteiger partial charge >= 0.3 is 5.97 Å². The highest BCUT2D eigenvalue weighted by Gasteiger charge is 2.00. The summed E-state index contributed by atoms with van der Waals surface area (Å²) in [5.41, 5.74) is 6.71. The molecule has 0 spiro atoms. The number of nitrogens with zero attached hydrogens (tertiary/aromatic N) is 2. The lowest BCUT2D eigenvalue weighted by atomic mass is 10.2. The van der Waals surface area contributed by atoms with Gasteiger partial charge in [-0.1, -0.05) is 36.4 Å². The lowest BCUT2D eigenvalue weighted by Crippen LogP contribution is -2.12. The molecule has 7 nitrogen and oxygen atoms in total. The minimum atomic E-state index is -0.440. The van der Waals surface area contributed by atoms with Gasteiger partial charge in [0.2, 0.25) is 5.91 Å².